The van der Waals surface area contributed by atoms with Crippen LogP contribution in [0.25, 0.3) is 0 Å². The van der Waals surface area contributed by atoms with Crippen LogP contribution >= 0.6 is 0 Å². The van der Waals surface area contributed by atoms with E-state index in [1.807, 2.05) is 6.07 Å². The molecule has 3 nitrogen and oxygen atoms in total. The molecule has 0 radical (unpaired) electrons. The lowest BCUT2D eigenvalue weighted by atomic mass is 10.1. The molecule has 1 aromatic carbocycles. The van der Waals surface area contributed by atoms with E-state index in [1.54, 1.807) is 13.0 Å². The van der Waals surface area contributed by atoms with Crippen molar-refractivity contribution in [2.45, 2.75) is 19.8 Å². The molecule has 0 aliphatic rings. The van der Waals surface area contributed by atoms with Gasteiger partial charge in [-0.25, -0.2) is 4.39 Å². The molecule has 0 unspecified atom stereocenters. The van der Waals surface area contributed by atoms with Crippen LogP contribution in [0.2, 0.25) is 0 Å². The normalized spacial score (nSPS) is 9.56. The summed E-state index contributed by atoms with van der Waals surface area (Å²) in [6.07, 6.45) is 1.01. The largest absolute Gasteiger partial charge is 0.352 e. The highest BCUT2D eigenvalue weighted by Crippen LogP contribution is 2.09. The van der Waals surface area contributed by atoms with Gasteiger partial charge in [0.25, 0.3) is 5.91 Å². The van der Waals surface area contributed by atoms with Gasteiger partial charge in [0, 0.05) is 18.5 Å². The maximum atomic E-state index is 12.9. The molecule has 0 aromatic heterocycles. The first-order valence-corrected chi connectivity index (χ1v) is 5.06. The summed E-state index contributed by atoms with van der Waals surface area (Å²) in [5.41, 5.74) is 1.08. The standard InChI is InChI=1S/C12H13FN2O/c1-9-4-5-10(13)8-11(9)12(16)15-7-3-2-6-14/h4-5,8H,2-3,7H2,1H3,(H,15,16). The molecule has 84 valence electrons. The van der Waals surface area contributed by atoms with Gasteiger partial charge in [0.05, 0.1) is 6.07 Å². The van der Waals surface area contributed by atoms with Crippen molar-refractivity contribution in [1.29, 1.82) is 5.26 Å². The third kappa shape index (κ3) is 3.35. The number of aryl methyl sites for hydroxylation is 1. The molecular formula is C12H13FN2O. The van der Waals surface area contributed by atoms with Crippen molar-refractivity contribution in [3.63, 3.8) is 0 Å². The van der Waals surface area contributed by atoms with Gasteiger partial charge in [0.15, 0.2) is 0 Å². The molecule has 0 aliphatic carbocycles. The second kappa shape index (κ2) is 5.86. The first kappa shape index (κ1) is 12.2. The molecule has 16 heavy (non-hydrogen) atoms. The zero-order valence-corrected chi connectivity index (χ0v) is 9.09. The second-order valence-corrected chi connectivity index (χ2v) is 3.48. The Hall–Kier alpha value is -1.89. The quantitative estimate of drug-likeness (QED) is 0.790. The van der Waals surface area contributed by atoms with Crippen molar-refractivity contribution >= 4 is 5.91 Å². The van der Waals surface area contributed by atoms with Gasteiger partial charge < -0.3 is 5.32 Å². The van der Waals surface area contributed by atoms with Crippen LogP contribution in [0.5, 0.6) is 0 Å². The molecule has 0 saturated heterocycles. The number of amides is 1. The highest BCUT2D eigenvalue weighted by Gasteiger charge is 2.08. The van der Waals surface area contributed by atoms with Gasteiger partial charge >= 0.3 is 0 Å². The first-order chi connectivity index (χ1) is 7.65. The van der Waals surface area contributed by atoms with E-state index in [0.29, 0.717) is 24.9 Å². The Labute approximate surface area is 93.9 Å². The van der Waals surface area contributed by atoms with Gasteiger partial charge in [-0.05, 0) is 31.0 Å². The molecule has 1 amide bonds. The van der Waals surface area contributed by atoms with Gasteiger partial charge in [-0.3, -0.25) is 4.79 Å². The predicted molar refractivity (Wildman–Crippen MR) is 58.3 cm³/mol. The fourth-order valence-corrected chi connectivity index (χ4v) is 1.30. The van der Waals surface area contributed by atoms with E-state index in [9.17, 15) is 9.18 Å². The van der Waals surface area contributed by atoms with Crippen LogP contribution in [-0.2, 0) is 0 Å². The number of unbranched alkanes of at least 4 members (excludes halogenated alkanes) is 1. The molecule has 0 aliphatic heterocycles. The van der Waals surface area contributed by atoms with Crippen molar-refractivity contribution in [2.24, 2.45) is 0 Å². The molecule has 0 bridgehead atoms. The molecule has 0 atom stereocenters. The third-order valence-electron chi connectivity index (χ3n) is 2.20. The maximum Gasteiger partial charge on any atom is 0.251 e. The van der Waals surface area contributed by atoms with Gasteiger partial charge in [-0.15, -0.1) is 0 Å². The van der Waals surface area contributed by atoms with Crippen molar-refractivity contribution in [2.75, 3.05) is 6.54 Å². The number of hydrogen-bond donors (Lipinski definition) is 1. The van der Waals surface area contributed by atoms with Gasteiger partial charge in [0.1, 0.15) is 5.82 Å². The summed E-state index contributed by atoms with van der Waals surface area (Å²) in [5, 5.41) is 11.0. The maximum absolute atomic E-state index is 12.9. The Morgan fingerprint density at radius 3 is 3.00 bits per heavy atom. The fraction of sp³-hybridized carbons (Fsp3) is 0.333. The summed E-state index contributed by atoms with van der Waals surface area (Å²) in [6.45, 7) is 2.19. The van der Waals surface area contributed by atoms with Gasteiger partial charge in [-0.2, -0.15) is 5.26 Å². The van der Waals surface area contributed by atoms with Crippen molar-refractivity contribution in [3.8, 4) is 6.07 Å². The topological polar surface area (TPSA) is 52.9 Å². The van der Waals surface area contributed by atoms with E-state index in [2.05, 4.69) is 5.32 Å². The molecular weight excluding hydrogens is 207 g/mol. The van der Waals surface area contributed by atoms with Gasteiger partial charge in [-0.1, -0.05) is 6.07 Å². The third-order valence-corrected chi connectivity index (χ3v) is 2.20. The van der Waals surface area contributed by atoms with Crippen LogP contribution in [0, 0.1) is 24.1 Å². The fourth-order valence-electron chi connectivity index (χ4n) is 1.30. The summed E-state index contributed by atoms with van der Waals surface area (Å²) in [6, 6.07) is 6.10. The molecule has 1 aromatic rings. The van der Waals surface area contributed by atoms with Crippen LogP contribution in [0.15, 0.2) is 18.2 Å². The first-order valence-electron chi connectivity index (χ1n) is 5.06. The summed E-state index contributed by atoms with van der Waals surface area (Å²) in [7, 11) is 0. The van der Waals surface area contributed by atoms with E-state index in [-0.39, 0.29) is 5.91 Å². The smallest absolute Gasteiger partial charge is 0.251 e. The van der Waals surface area contributed by atoms with E-state index in [1.165, 1.54) is 12.1 Å². The Morgan fingerprint density at radius 2 is 2.31 bits per heavy atom. The molecule has 1 rings (SSSR count). The zero-order valence-electron chi connectivity index (χ0n) is 9.09. The number of nitriles is 1. The average molecular weight is 220 g/mol. The van der Waals surface area contributed by atoms with E-state index in [4.69, 9.17) is 5.26 Å². The summed E-state index contributed by atoms with van der Waals surface area (Å²) >= 11 is 0. The van der Waals surface area contributed by atoms with Crippen molar-refractivity contribution < 1.29 is 9.18 Å². The molecule has 4 heteroatoms. The van der Waals surface area contributed by atoms with Crippen molar-refractivity contribution in [3.05, 3.63) is 35.1 Å². The zero-order chi connectivity index (χ0) is 12.0. The van der Waals surface area contributed by atoms with Crippen LogP contribution in [0.4, 0.5) is 4.39 Å². The minimum absolute atomic E-state index is 0.296. The lowest BCUT2D eigenvalue weighted by Crippen LogP contribution is -2.25. The van der Waals surface area contributed by atoms with E-state index in [0.717, 1.165) is 5.56 Å². The lowest BCUT2D eigenvalue weighted by Gasteiger charge is -2.06. The molecule has 0 heterocycles. The minimum Gasteiger partial charge on any atom is -0.352 e. The Bertz CT molecular complexity index is 424. The predicted octanol–water partition coefficient (Wildman–Crippen LogP) is 2.17. The highest BCUT2D eigenvalue weighted by molar-refractivity contribution is 5.95. The minimum atomic E-state index is -0.423. The monoisotopic (exact) mass is 220 g/mol. The number of carbonyl (C=O) groups excluding carboxylic acids is 1. The molecule has 0 spiro atoms. The van der Waals surface area contributed by atoms with Gasteiger partial charge in [0.2, 0.25) is 0 Å². The highest BCUT2D eigenvalue weighted by atomic mass is 19.1. The SMILES string of the molecule is Cc1ccc(F)cc1C(=O)NCCCC#N. The number of nitrogens with one attached hydrogen (secondary N) is 1. The van der Waals surface area contributed by atoms with E-state index < -0.39 is 5.82 Å². The summed E-state index contributed by atoms with van der Waals surface area (Å²) in [5.74, 6) is -0.720. The number of hydrogen-bond acceptors (Lipinski definition) is 2. The van der Waals surface area contributed by atoms with Crippen LogP contribution in [0.1, 0.15) is 28.8 Å². The Morgan fingerprint density at radius 1 is 1.56 bits per heavy atom. The summed E-state index contributed by atoms with van der Waals surface area (Å²) < 4.78 is 12.9. The number of carbonyl (C=O) groups is 1. The van der Waals surface area contributed by atoms with Crippen LogP contribution < -0.4 is 5.32 Å². The Balaban J connectivity index is 2.59. The molecule has 1 N–H and O–H groups in total. The van der Waals surface area contributed by atoms with E-state index >= 15 is 0 Å². The lowest BCUT2D eigenvalue weighted by molar-refractivity contribution is 0.0952. The molecule has 0 fully saturated rings. The van der Waals surface area contributed by atoms with Crippen molar-refractivity contribution in [1.82, 2.24) is 5.32 Å². The molecule has 0 saturated carbocycles. The number of nitrogens with zero attached hydrogens (tertiary/aromatic N) is 1. The number of benzene rings is 1. The second-order valence-electron chi connectivity index (χ2n) is 3.48. The van der Waals surface area contributed by atoms with Crippen LogP contribution in [0.3, 0.4) is 0 Å². The summed E-state index contributed by atoms with van der Waals surface area (Å²) in [4.78, 5) is 11.6. The Kier molecular flexibility index (Phi) is 4.46. The number of rotatable bonds is 4. The number of halogens is 1. The average Bonchev–Trinajstić information content (AvgIpc) is 2.27. The van der Waals surface area contributed by atoms with Crippen LogP contribution in [-0.4, -0.2) is 12.5 Å².